The van der Waals surface area contributed by atoms with Crippen molar-refractivity contribution in [1.82, 2.24) is 36.0 Å². The summed E-state index contributed by atoms with van der Waals surface area (Å²) in [5.74, 6) is -4.53. The van der Waals surface area contributed by atoms with E-state index in [1.165, 1.54) is 45.0 Å². The molecule has 0 spiro atoms. The van der Waals surface area contributed by atoms with Crippen molar-refractivity contribution < 1.29 is 77.0 Å². The molecule has 444 valence electrons. The standard InChI is InChI=1S/C56H77ClN8O16/c1-33-14-13-17-44(76-10)56(74)31-43(79-54(73)60-56)34(2)51-55(4,81-51)45(30-48(68)64(8)41-27-36(26-33)28-42(75-9)50(41)57)80-53(72)35(3)63(7)47(67)21-23-77-24-25-78-61-52(71)39(18-19-49(69)70)59-46(66)20-22-65-38(32-62(6)58-5)29-37-15-11-12-16-40(37)65/h11-17,27-29,34-35,39,43-45,51,58,74H,18-26,30-32H2,1-10H3,(H,59,66)(H,60,73)(H,61,71)(H,69,70)/b17-13+,33-14+/t34-,35+,39+,43+,44-,45+,51+,55-,56+/m1/s1. The van der Waals surface area contributed by atoms with E-state index in [-0.39, 0.29) is 50.5 Å². The number of hydrazine groups is 1. The molecule has 6 N–H and O–H groups in total. The van der Waals surface area contributed by atoms with Crippen LogP contribution in [0.25, 0.3) is 10.9 Å². The van der Waals surface area contributed by atoms with Gasteiger partial charge in [0.1, 0.15) is 46.8 Å². The number of aliphatic hydroxyl groups is 1. The van der Waals surface area contributed by atoms with Crippen LogP contribution in [-0.4, -0.2) is 176 Å². The zero-order chi connectivity index (χ0) is 59.3. The number of hydroxylamine groups is 1. The van der Waals surface area contributed by atoms with Crippen molar-refractivity contribution >= 4 is 69.9 Å². The number of halogens is 1. The number of allylic oxidation sites excluding steroid dienone is 3. The monoisotopic (exact) mass is 1150 g/mol. The van der Waals surface area contributed by atoms with Gasteiger partial charge in [0, 0.05) is 71.2 Å². The Kier molecular flexibility index (Phi) is 22.3. The molecule has 6 rings (SSSR count). The normalized spacial score (nSPS) is 24.8. The van der Waals surface area contributed by atoms with Gasteiger partial charge in [0.25, 0.3) is 5.91 Å². The van der Waals surface area contributed by atoms with Crippen LogP contribution in [0, 0.1) is 5.92 Å². The number of ether oxygens (including phenoxy) is 6. The van der Waals surface area contributed by atoms with Crippen molar-refractivity contribution in [1.29, 1.82) is 0 Å². The molecule has 24 nitrogen and oxygen atoms in total. The van der Waals surface area contributed by atoms with Crippen LogP contribution < -0.4 is 31.2 Å². The first-order valence-corrected chi connectivity index (χ1v) is 27.1. The molecular weight excluding hydrogens is 1080 g/mol. The zero-order valence-electron chi connectivity index (χ0n) is 47.6. The molecule has 5 amide bonds. The van der Waals surface area contributed by atoms with E-state index in [4.69, 9.17) is 44.9 Å². The van der Waals surface area contributed by atoms with Gasteiger partial charge >= 0.3 is 18.0 Å². The number of carbonyl (C=O) groups is 7. The van der Waals surface area contributed by atoms with Crippen molar-refractivity contribution in [2.45, 2.75) is 134 Å². The number of esters is 1. The van der Waals surface area contributed by atoms with Crippen LogP contribution in [0.15, 0.2) is 66.3 Å². The Morgan fingerprint density at radius 1 is 1.04 bits per heavy atom. The molecule has 2 fully saturated rings. The summed E-state index contributed by atoms with van der Waals surface area (Å²) in [6, 6.07) is 11.0. The van der Waals surface area contributed by atoms with Crippen molar-refractivity contribution in [3.63, 3.8) is 0 Å². The maximum Gasteiger partial charge on any atom is 0.409 e. The predicted octanol–water partition coefficient (Wildman–Crippen LogP) is 3.93. The van der Waals surface area contributed by atoms with Gasteiger partial charge in [-0.15, -0.1) is 0 Å². The first-order valence-electron chi connectivity index (χ1n) is 26.7. The third-order valence-electron chi connectivity index (χ3n) is 15.0. The third-order valence-corrected chi connectivity index (χ3v) is 15.4. The van der Waals surface area contributed by atoms with Gasteiger partial charge in [-0.1, -0.05) is 60.5 Å². The first kappa shape index (κ1) is 63.5. The summed E-state index contributed by atoms with van der Waals surface area (Å²) >= 11 is 6.82. The van der Waals surface area contributed by atoms with Gasteiger partial charge in [-0.3, -0.25) is 39.6 Å². The number of aliphatic carboxylic acids is 1. The Bertz CT molecular complexity index is 2830. The number of carboxylic acids is 1. The lowest BCUT2D eigenvalue weighted by atomic mass is 9.83. The van der Waals surface area contributed by atoms with Crippen LogP contribution in [-0.2, 0) is 76.8 Å². The lowest BCUT2D eigenvalue weighted by Gasteiger charge is -2.42. The highest BCUT2D eigenvalue weighted by molar-refractivity contribution is 6.35. The number of anilines is 1. The van der Waals surface area contributed by atoms with Gasteiger partial charge in [0.05, 0.1) is 58.1 Å². The number of amides is 5. The zero-order valence-corrected chi connectivity index (χ0v) is 48.3. The molecule has 81 heavy (non-hydrogen) atoms. The fourth-order valence-electron chi connectivity index (χ4n) is 9.95. The molecule has 0 radical (unpaired) electrons. The maximum absolute atomic E-state index is 14.4. The van der Waals surface area contributed by atoms with Crippen LogP contribution in [0.4, 0.5) is 10.5 Å². The molecule has 25 heteroatoms. The average Bonchev–Trinajstić information content (AvgIpc) is 3.98. The molecule has 0 aliphatic carbocycles. The Balaban J connectivity index is 1.04. The van der Waals surface area contributed by atoms with E-state index in [1.54, 1.807) is 45.2 Å². The second kappa shape index (κ2) is 28.4. The predicted molar refractivity (Wildman–Crippen MR) is 296 cm³/mol. The van der Waals surface area contributed by atoms with Crippen LogP contribution >= 0.6 is 11.6 Å². The quantitative estimate of drug-likeness (QED) is 0.0339. The largest absolute Gasteiger partial charge is 0.495 e. The van der Waals surface area contributed by atoms with Gasteiger partial charge in [-0.05, 0) is 75.9 Å². The molecule has 4 bridgehead atoms. The number of nitrogens with one attached hydrogen (secondary N) is 4. The minimum absolute atomic E-state index is 0.00475. The van der Waals surface area contributed by atoms with Crippen LogP contribution in [0.1, 0.15) is 77.5 Å². The van der Waals surface area contributed by atoms with Gasteiger partial charge in [-0.2, -0.15) is 0 Å². The smallest absolute Gasteiger partial charge is 0.409 e. The molecule has 2 saturated heterocycles. The molecule has 9 atom stereocenters. The van der Waals surface area contributed by atoms with E-state index < -0.39 is 108 Å². The Labute approximate surface area is 476 Å². The van der Waals surface area contributed by atoms with E-state index >= 15 is 0 Å². The number of fused-ring (bicyclic) bond motifs is 6. The van der Waals surface area contributed by atoms with E-state index in [1.807, 2.05) is 60.0 Å². The van der Waals surface area contributed by atoms with Gasteiger partial charge in [-0.25, -0.2) is 20.1 Å². The van der Waals surface area contributed by atoms with Crippen molar-refractivity contribution in [3.05, 3.63) is 82.5 Å². The number of hydrogen-bond donors (Lipinski definition) is 6. The number of epoxide rings is 1. The van der Waals surface area contributed by atoms with E-state index in [0.29, 0.717) is 30.9 Å². The van der Waals surface area contributed by atoms with Crippen LogP contribution in [0.3, 0.4) is 0 Å². The summed E-state index contributed by atoms with van der Waals surface area (Å²) in [4.78, 5) is 101. The second-order valence-electron chi connectivity index (χ2n) is 20.8. The molecule has 4 heterocycles. The third kappa shape index (κ3) is 16.3. The molecule has 0 unspecified atom stereocenters. The van der Waals surface area contributed by atoms with Crippen LogP contribution in [0.2, 0.25) is 5.02 Å². The Morgan fingerprint density at radius 3 is 2.48 bits per heavy atom. The highest BCUT2D eigenvalue weighted by Crippen LogP contribution is 2.49. The lowest BCUT2D eigenvalue weighted by Crippen LogP contribution is -2.63. The topological polar surface area (TPSA) is 291 Å². The number of rotatable bonds is 23. The highest BCUT2D eigenvalue weighted by Gasteiger charge is 2.64. The molecular formula is C56H77ClN8O16. The fraction of sp³-hybridized carbons (Fsp3) is 0.554. The van der Waals surface area contributed by atoms with Crippen LogP contribution in [0.5, 0.6) is 5.75 Å². The minimum atomic E-state index is -1.89. The Morgan fingerprint density at radius 2 is 1.78 bits per heavy atom. The first-order chi connectivity index (χ1) is 38.4. The maximum atomic E-state index is 14.4. The Hall–Kier alpha value is -6.64. The number of carboxylic acid groups (broad SMARTS) is 1. The molecule has 3 aliphatic heterocycles. The summed E-state index contributed by atoms with van der Waals surface area (Å²) in [5.41, 5.74) is 5.97. The number of likely N-dealkylation sites (N-methyl/N-ethyl adjacent to an activating group) is 1. The molecule has 1 aromatic heterocycles. The summed E-state index contributed by atoms with van der Waals surface area (Å²) < 4.78 is 37.0. The SMILES string of the molecule is CNN(C)Cc1cc2ccccc2n1CCC(=O)N[C@@H](CCC(=O)O)C(=O)NOCCOCCC(=O)N(C)[C@@H](C)C(=O)O[C@H]1CC(=O)N(C)c2cc(cc(OC)c2Cl)C/C(C)=C/C=C/[C@@H](OC)[C@@]2(O)C[C@H](OC(=O)N2)[C@@H](C)[C@@H]2O[C@]12C. The summed E-state index contributed by atoms with van der Waals surface area (Å²) in [6.07, 6.45) is -0.515. The number of aromatic nitrogens is 1. The summed E-state index contributed by atoms with van der Waals surface area (Å²) in [5, 5.41) is 29.4. The molecule has 3 aromatic rings. The fourth-order valence-corrected chi connectivity index (χ4v) is 10.3. The number of nitrogens with zero attached hydrogens (tertiary/aromatic N) is 4. The number of benzene rings is 2. The summed E-state index contributed by atoms with van der Waals surface area (Å²) in [7, 11) is 9.51. The number of hydrogen-bond acceptors (Lipinski definition) is 17. The lowest BCUT2D eigenvalue weighted by molar-refractivity contribution is -0.162. The number of carbonyl (C=O) groups excluding carboxylic acids is 6. The van der Waals surface area contributed by atoms with Gasteiger partial charge in [0.2, 0.25) is 17.7 Å². The highest BCUT2D eigenvalue weighted by atomic mass is 35.5. The average molecular weight is 1150 g/mol. The minimum Gasteiger partial charge on any atom is -0.495 e. The van der Waals surface area contributed by atoms with Gasteiger partial charge in [0.15, 0.2) is 5.72 Å². The van der Waals surface area contributed by atoms with E-state index in [2.05, 4.69) is 21.5 Å². The van der Waals surface area contributed by atoms with Crippen molar-refractivity contribution in [3.8, 4) is 5.75 Å². The number of para-hydroxylation sites is 1. The number of alkyl carbamates (subject to hydrolysis) is 1. The van der Waals surface area contributed by atoms with E-state index in [0.717, 1.165) is 27.7 Å². The molecule has 2 aromatic carbocycles. The van der Waals surface area contributed by atoms with Crippen molar-refractivity contribution in [2.75, 3.05) is 67.1 Å². The molecule has 0 saturated carbocycles. The summed E-state index contributed by atoms with van der Waals surface area (Å²) in [6.45, 7) is 7.27. The van der Waals surface area contributed by atoms with Crippen molar-refractivity contribution in [2.24, 2.45) is 5.92 Å². The van der Waals surface area contributed by atoms with E-state index in [9.17, 15) is 43.8 Å². The van der Waals surface area contributed by atoms with Gasteiger partial charge < -0.3 is 58.3 Å². The molecule has 3 aliphatic rings. The number of aryl methyl sites for hydroxylation is 1. The second-order valence-corrected chi connectivity index (χ2v) is 21.2. The number of methoxy groups -OCH3 is 2.